The fourth-order valence-corrected chi connectivity index (χ4v) is 13.3. The highest BCUT2D eigenvalue weighted by molar-refractivity contribution is 5.97. The van der Waals surface area contributed by atoms with Gasteiger partial charge in [0.25, 0.3) is 0 Å². The van der Waals surface area contributed by atoms with Gasteiger partial charge in [-0.2, -0.15) is 0 Å². The molecular formula is C106H130N6O26. The normalized spacial score (nSPS) is 23.7. The first-order valence-electron chi connectivity index (χ1n) is 45.4. The number of cyclic esters (lactones) is 6. The second-order valence-corrected chi connectivity index (χ2v) is 32.1. The summed E-state index contributed by atoms with van der Waals surface area (Å²) in [6, 6.07) is 19.2. The summed E-state index contributed by atoms with van der Waals surface area (Å²) in [5.41, 5.74) is 3.85. The Bertz CT molecular complexity index is 4930. The first kappa shape index (κ1) is 114. The van der Waals surface area contributed by atoms with E-state index < -0.39 is 109 Å². The van der Waals surface area contributed by atoms with Gasteiger partial charge in [0.15, 0.2) is 0 Å². The molecule has 0 radical (unpaired) electrons. The van der Waals surface area contributed by atoms with Gasteiger partial charge in [-0.25, -0.2) is 19.2 Å². The maximum absolute atomic E-state index is 13.1. The lowest BCUT2D eigenvalue weighted by atomic mass is 9.93. The number of rotatable bonds is 24. The number of amides is 4. The number of phenolic OH excluding ortho intramolecular Hbond substituents is 4. The molecule has 12 atom stereocenters. The molecule has 4 aromatic rings. The predicted molar refractivity (Wildman–Crippen MR) is 523 cm³/mol. The number of hydrogen-bond donors (Lipinski definition) is 12. The molecule has 0 saturated heterocycles. The van der Waals surface area contributed by atoms with Crippen molar-refractivity contribution >= 4 is 71.9 Å². The molecule has 0 aliphatic carbocycles. The van der Waals surface area contributed by atoms with Crippen LogP contribution in [0, 0.1) is 11.8 Å². The van der Waals surface area contributed by atoms with E-state index >= 15 is 0 Å². The summed E-state index contributed by atoms with van der Waals surface area (Å²) in [6.45, 7) is 14.7. The van der Waals surface area contributed by atoms with Gasteiger partial charge in [-0.1, -0.05) is 196 Å². The fraction of sp³-hybridized carbons (Fsp3) is 0.358. The predicted octanol–water partition coefficient (Wildman–Crippen LogP) is 14.4. The van der Waals surface area contributed by atoms with Crippen molar-refractivity contribution in [3.63, 3.8) is 0 Å². The van der Waals surface area contributed by atoms with Gasteiger partial charge in [0.1, 0.15) is 96.1 Å². The van der Waals surface area contributed by atoms with Crippen LogP contribution in [0.15, 0.2) is 277 Å². The van der Waals surface area contributed by atoms with Gasteiger partial charge in [-0.15, -0.1) is 0 Å². The van der Waals surface area contributed by atoms with Gasteiger partial charge in [-0.3, -0.25) is 28.8 Å². The molecule has 138 heavy (non-hydrogen) atoms. The number of aliphatic hydroxyl groups excluding tert-OH is 4. The minimum absolute atomic E-state index is 0.000482. The molecule has 4 amide bonds. The summed E-state index contributed by atoms with van der Waals surface area (Å²) in [6.07, 6.45) is 49.2. The van der Waals surface area contributed by atoms with Crippen molar-refractivity contribution in [2.24, 2.45) is 22.1 Å². The van der Waals surface area contributed by atoms with E-state index in [1.807, 2.05) is 64.2 Å². The van der Waals surface area contributed by atoms with Crippen LogP contribution in [0.25, 0.3) is 0 Å². The number of fused-ring (bicyclic) bond motifs is 4. The van der Waals surface area contributed by atoms with Crippen molar-refractivity contribution in [1.29, 1.82) is 0 Å². The Morgan fingerprint density at radius 1 is 0.391 bits per heavy atom. The lowest BCUT2D eigenvalue weighted by molar-refractivity contribution is -0.149. The molecule has 8 rings (SSSR count). The molecule has 0 bridgehead atoms. The Morgan fingerprint density at radius 2 is 0.688 bits per heavy atom. The monoisotopic (exact) mass is 1900 g/mol. The van der Waals surface area contributed by atoms with E-state index in [9.17, 15) is 88.8 Å². The number of carbonyl (C=O) groups is 10. The lowest BCUT2D eigenvalue weighted by Gasteiger charge is -2.24. The van der Waals surface area contributed by atoms with Gasteiger partial charge in [0.2, 0.25) is 23.6 Å². The average Bonchev–Trinajstić information content (AvgIpc) is 1.04. The van der Waals surface area contributed by atoms with Crippen LogP contribution in [0.3, 0.4) is 0 Å². The van der Waals surface area contributed by atoms with E-state index in [4.69, 9.17) is 28.4 Å². The molecule has 0 saturated carbocycles. The van der Waals surface area contributed by atoms with Crippen LogP contribution in [-0.2, 0) is 92.5 Å². The minimum Gasteiger partial charge on any atom is -0.507 e. The van der Waals surface area contributed by atoms with E-state index in [1.165, 1.54) is 136 Å². The Hall–Kier alpha value is -14.6. The standard InChI is InChI=1S/2C27H32N2O8.2C26H33NO5/c2*1-18-11-13-20-7-4-9-23(31)26(20)27(34)37-21(17-25(33)36-19(2)12-14-22(18)30)8-5-15-28-24(32)10-6-16-29-35-3;2*1-3-4-5-6-16-24(30)27-17-10-14-21-18-23(29)19(2)11-7-8-12-20-13-9-15-22(28)25(20)26(31)32-21/h2*4-7,9-12,14-16,19,21-22,30-31H,8,13,17H2,1-3H3,(H,28,32);2*4-10,13,15-17,19,21,23,28-29H,3,11-12,14,18H2,1-2H3,(H,27,30)/b10-6-,14-12+,15-5+,18-11-,29-16+;10-6-,14-12+,15-5+,18-11-,29-16-;2*5-4-,8-7+,16-6-,17-10+. The van der Waals surface area contributed by atoms with Crippen LogP contribution in [0.5, 0.6) is 23.0 Å². The van der Waals surface area contributed by atoms with Gasteiger partial charge >= 0.3 is 35.8 Å². The molecule has 32 heteroatoms. The SMILES string of the molecule is CC/C=C\C=C/C(=O)N/C=C/CC1CC(O)C(C)C/C=C/Cc2cccc(O)c2C(=O)O1.CC/C=C\C=C/C(=O)N/C=C/CC1CC(O)C(C)C/C=C/Cc2cccc(O)c2C(=O)O1.CO/N=C/C=C\C(=O)N/C=C/CC1CC(=O)OC(C)/C=C/C(O)/C(C)=C\Cc2cccc(O)c2C(=O)O1.CO/N=C\C=C/C(=O)N/C=C/CC1CC(=O)OC(C)/C=C/C(O)/C(C)=C\Cc2cccc(O)c2C(=O)O1. The van der Waals surface area contributed by atoms with E-state index in [2.05, 4.69) is 41.3 Å². The van der Waals surface area contributed by atoms with Crippen LogP contribution < -0.4 is 21.3 Å². The van der Waals surface area contributed by atoms with Crippen molar-refractivity contribution < 1.29 is 127 Å². The largest absolute Gasteiger partial charge is 0.507 e. The molecule has 12 unspecified atom stereocenters. The summed E-state index contributed by atoms with van der Waals surface area (Å²) in [4.78, 5) is 133. The summed E-state index contributed by atoms with van der Waals surface area (Å²) < 4.78 is 33.2. The molecule has 4 aliphatic heterocycles. The zero-order chi connectivity index (χ0) is 101. The number of ether oxygens (including phenoxy) is 6. The maximum Gasteiger partial charge on any atom is 0.342 e. The molecule has 12 N–H and O–H groups in total. The number of oxime groups is 2. The summed E-state index contributed by atoms with van der Waals surface area (Å²) in [5, 5.41) is 100. The highest BCUT2D eigenvalue weighted by Gasteiger charge is 2.31. The summed E-state index contributed by atoms with van der Waals surface area (Å²) in [5.74, 6) is -6.29. The molecule has 740 valence electrons. The number of benzene rings is 4. The van der Waals surface area contributed by atoms with Crippen molar-refractivity contribution in [3.8, 4) is 23.0 Å². The van der Waals surface area contributed by atoms with Gasteiger partial charge in [-0.05, 0) is 173 Å². The molecular weight excluding hydrogens is 1770 g/mol. The first-order chi connectivity index (χ1) is 66.2. The average molecular weight is 1900 g/mol. The molecule has 0 aromatic heterocycles. The maximum atomic E-state index is 13.1. The second-order valence-electron chi connectivity index (χ2n) is 32.1. The number of nitrogens with zero attached hydrogens (tertiary/aromatic N) is 2. The third-order valence-electron chi connectivity index (χ3n) is 21.0. The zero-order valence-electron chi connectivity index (χ0n) is 79.5. The van der Waals surface area contributed by atoms with Crippen molar-refractivity contribution in [2.45, 2.75) is 219 Å². The van der Waals surface area contributed by atoms with Crippen molar-refractivity contribution in [2.75, 3.05) is 14.2 Å². The third kappa shape index (κ3) is 44.3. The van der Waals surface area contributed by atoms with Crippen LogP contribution in [-0.4, -0.2) is 188 Å². The smallest absolute Gasteiger partial charge is 0.342 e. The Morgan fingerprint density at radius 3 is 1.00 bits per heavy atom. The number of nitrogens with one attached hydrogen (secondary N) is 4. The molecule has 4 aliphatic rings. The Kier molecular flexibility index (Phi) is 53.1. The Balaban J connectivity index is 0.000000325. The number of allylic oxidation sites excluding steroid dienone is 14. The zero-order valence-corrected chi connectivity index (χ0v) is 79.5. The number of aliphatic hydroxyl groups is 4. The van der Waals surface area contributed by atoms with Gasteiger partial charge in [0.05, 0.1) is 49.7 Å². The van der Waals surface area contributed by atoms with Crippen molar-refractivity contribution in [1.82, 2.24) is 21.3 Å². The van der Waals surface area contributed by atoms with Crippen LogP contribution in [0.4, 0.5) is 0 Å². The van der Waals surface area contributed by atoms with Gasteiger partial charge in [0, 0.05) is 87.6 Å². The lowest BCUT2D eigenvalue weighted by Crippen LogP contribution is -2.28. The van der Waals surface area contributed by atoms with Crippen LogP contribution in [0.1, 0.15) is 196 Å². The minimum atomic E-state index is -0.936. The summed E-state index contributed by atoms with van der Waals surface area (Å²) >= 11 is 0. The molecule has 0 fully saturated rings. The van der Waals surface area contributed by atoms with E-state index in [1.54, 1.807) is 137 Å². The molecule has 4 aromatic carbocycles. The van der Waals surface area contributed by atoms with E-state index in [0.29, 0.717) is 71.9 Å². The number of aromatic hydroxyl groups is 4. The first-order valence-corrected chi connectivity index (χ1v) is 45.4. The number of phenols is 4. The Labute approximate surface area is 805 Å². The van der Waals surface area contributed by atoms with Crippen LogP contribution >= 0.6 is 0 Å². The van der Waals surface area contributed by atoms with E-state index in [0.717, 1.165) is 12.8 Å². The molecule has 4 heterocycles. The molecule has 0 spiro atoms. The number of esters is 6. The quantitative estimate of drug-likeness (QED) is 0.00589. The second kappa shape index (κ2) is 64.4. The topological polar surface area (TPSA) is 479 Å². The van der Waals surface area contributed by atoms with E-state index in [-0.39, 0.29) is 120 Å². The third-order valence-corrected chi connectivity index (χ3v) is 21.0. The van der Waals surface area contributed by atoms with Crippen LogP contribution in [0.2, 0.25) is 0 Å². The highest BCUT2D eigenvalue weighted by Crippen LogP contribution is 2.32. The highest BCUT2D eigenvalue weighted by atomic mass is 16.6. The fourth-order valence-electron chi connectivity index (χ4n) is 13.3. The summed E-state index contributed by atoms with van der Waals surface area (Å²) in [7, 11) is 2.75. The molecule has 32 nitrogen and oxygen atoms in total. The number of carbonyl (C=O) groups excluding carboxylic acids is 10. The number of hydrogen-bond acceptors (Lipinski definition) is 28. The van der Waals surface area contributed by atoms with Crippen molar-refractivity contribution in [3.05, 3.63) is 311 Å². The van der Waals surface area contributed by atoms with Gasteiger partial charge < -0.3 is 100 Å².